The Balaban J connectivity index is 1.40. The highest BCUT2D eigenvalue weighted by atomic mass is 16.3. The summed E-state index contributed by atoms with van der Waals surface area (Å²) in [6.07, 6.45) is 0. The second-order valence-electron chi connectivity index (χ2n) is 10.8. The number of nitriles is 1. The Morgan fingerprint density at radius 2 is 1.19 bits per heavy atom. The second kappa shape index (κ2) is 8.60. The Hall–Kier alpha value is -6.30. The normalized spacial score (nSPS) is 11.7. The molecule has 0 spiro atoms. The van der Waals surface area contributed by atoms with Crippen molar-refractivity contribution in [1.29, 1.82) is 5.26 Å². The largest absolute Gasteiger partial charge is 0.454 e. The molecule has 0 fully saturated rings. The van der Waals surface area contributed by atoms with Crippen molar-refractivity contribution >= 4 is 71.2 Å². The van der Waals surface area contributed by atoms with Gasteiger partial charge in [-0.25, -0.2) is 4.85 Å². The lowest BCUT2D eigenvalue weighted by atomic mass is 10.1. The van der Waals surface area contributed by atoms with Crippen molar-refractivity contribution in [2.75, 3.05) is 0 Å². The quantitative estimate of drug-likeness (QED) is 0.202. The highest BCUT2D eigenvalue weighted by Gasteiger charge is 2.21. The maximum atomic E-state index is 9.64. The van der Waals surface area contributed by atoms with Crippen LogP contribution in [-0.2, 0) is 0 Å². The summed E-state index contributed by atoms with van der Waals surface area (Å²) in [5.41, 5.74) is 8.93. The number of hydrogen-bond donors (Lipinski definition) is 0. The van der Waals surface area contributed by atoms with Crippen LogP contribution in [0.15, 0.2) is 126 Å². The van der Waals surface area contributed by atoms with Crippen LogP contribution in [0.2, 0.25) is 0 Å². The molecule has 3 heterocycles. The molecule has 0 unspecified atom stereocenters. The van der Waals surface area contributed by atoms with Gasteiger partial charge in [0.05, 0.1) is 57.0 Å². The summed E-state index contributed by atoms with van der Waals surface area (Å²) in [5.74, 6) is 0. The number of nitrogens with zero attached hydrogens (tertiary/aromatic N) is 4. The molecule has 6 aromatic carbocycles. The minimum Gasteiger partial charge on any atom is -0.454 e. The van der Waals surface area contributed by atoms with E-state index in [2.05, 4.69) is 92.8 Å². The van der Waals surface area contributed by atoms with Gasteiger partial charge in [0.1, 0.15) is 5.58 Å². The minimum absolute atomic E-state index is 0.566. The van der Waals surface area contributed by atoms with Gasteiger partial charge in [-0.3, -0.25) is 0 Å². The van der Waals surface area contributed by atoms with E-state index in [4.69, 9.17) is 11.0 Å². The zero-order valence-electron chi connectivity index (χ0n) is 22.7. The molecular weight excluding hydrogens is 528 g/mol. The van der Waals surface area contributed by atoms with Gasteiger partial charge in [0.2, 0.25) is 0 Å². The topological polar surface area (TPSA) is 51.1 Å². The van der Waals surface area contributed by atoms with Crippen molar-refractivity contribution in [3.8, 4) is 17.4 Å². The molecule has 0 bridgehead atoms. The summed E-state index contributed by atoms with van der Waals surface area (Å²) in [4.78, 5) is 3.67. The van der Waals surface area contributed by atoms with Crippen molar-refractivity contribution in [3.05, 3.63) is 138 Å². The Morgan fingerprint density at radius 1 is 0.581 bits per heavy atom. The van der Waals surface area contributed by atoms with Crippen molar-refractivity contribution in [2.45, 2.75) is 0 Å². The van der Waals surface area contributed by atoms with Crippen LogP contribution in [0.3, 0.4) is 0 Å². The number of fused-ring (bicyclic) bond motifs is 9. The van der Waals surface area contributed by atoms with Crippen molar-refractivity contribution < 1.29 is 4.42 Å². The zero-order valence-corrected chi connectivity index (χ0v) is 22.7. The van der Waals surface area contributed by atoms with E-state index >= 15 is 0 Å². The molecule has 9 aromatic rings. The van der Waals surface area contributed by atoms with Crippen LogP contribution in [0.1, 0.15) is 5.56 Å². The Bertz CT molecular complexity index is 2580. The van der Waals surface area contributed by atoms with Crippen LogP contribution in [0.4, 0.5) is 5.69 Å². The number of furan rings is 1. The van der Waals surface area contributed by atoms with Crippen LogP contribution < -0.4 is 0 Å². The predicted molar refractivity (Wildman–Crippen MR) is 173 cm³/mol. The highest BCUT2D eigenvalue weighted by molar-refractivity contribution is 6.17. The van der Waals surface area contributed by atoms with Gasteiger partial charge in [-0.2, -0.15) is 5.26 Å². The lowest BCUT2D eigenvalue weighted by Crippen LogP contribution is -1.95. The third-order valence-corrected chi connectivity index (χ3v) is 8.55. The Labute approximate surface area is 245 Å². The smallest absolute Gasteiger partial charge is 0.188 e. The first kappa shape index (κ1) is 23.4. The van der Waals surface area contributed by atoms with Crippen molar-refractivity contribution in [3.63, 3.8) is 0 Å². The highest BCUT2D eigenvalue weighted by Crippen LogP contribution is 2.42. The third-order valence-electron chi connectivity index (χ3n) is 8.55. The van der Waals surface area contributed by atoms with Crippen LogP contribution >= 0.6 is 0 Å². The van der Waals surface area contributed by atoms with Crippen LogP contribution in [0.25, 0.3) is 81.8 Å². The van der Waals surface area contributed by atoms with Crippen LogP contribution in [-0.4, -0.2) is 9.13 Å². The molecule has 0 N–H and O–H groups in total. The fraction of sp³-hybridized carbons (Fsp3) is 0. The van der Waals surface area contributed by atoms with E-state index in [0.717, 1.165) is 66.2 Å². The summed E-state index contributed by atoms with van der Waals surface area (Å²) in [5, 5.41) is 16.0. The Kier molecular flexibility index (Phi) is 4.68. The second-order valence-corrected chi connectivity index (χ2v) is 10.8. The first-order chi connectivity index (χ1) is 21.2. The average Bonchev–Trinajstić information content (AvgIpc) is 3.72. The Morgan fingerprint density at radius 3 is 1.93 bits per heavy atom. The first-order valence-electron chi connectivity index (χ1n) is 14.0. The maximum Gasteiger partial charge on any atom is 0.188 e. The molecule has 9 rings (SSSR count). The molecular formula is C38H20N4O. The predicted octanol–water partition coefficient (Wildman–Crippen LogP) is 10.2. The molecule has 5 nitrogen and oxygen atoms in total. The van der Waals surface area contributed by atoms with E-state index in [1.54, 1.807) is 0 Å². The molecule has 0 saturated heterocycles. The molecule has 3 aromatic heterocycles. The van der Waals surface area contributed by atoms with E-state index in [9.17, 15) is 5.26 Å². The lowest BCUT2D eigenvalue weighted by molar-refractivity contribution is 0.666. The minimum atomic E-state index is 0.566. The monoisotopic (exact) mass is 548 g/mol. The number of rotatable bonds is 2. The van der Waals surface area contributed by atoms with Crippen LogP contribution in [0.5, 0.6) is 0 Å². The molecule has 0 aliphatic carbocycles. The summed E-state index contributed by atoms with van der Waals surface area (Å²) < 4.78 is 11.2. The first-order valence-corrected chi connectivity index (χ1v) is 14.0. The fourth-order valence-electron chi connectivity index (χ4n) is 6.77. The fourth-order valence-corrected chi connectivity index (χ4v) is 6.77. The number of para-hydroxylation sites is 3. The van der Waals surface area contributed by atoms with E-state index in [1.807, 2.05) is 48.5 Å². The molecule has 43 heavy (non-hydrogen) atoms. The summed E-state index contributed by atoms with van der Waals surface area (Å²) >= 11 is 0. The molecule has 198 valence electrons. The van der Waals surface area contributed by atoms with Gasteiger partial charge >= 0.3 is 0 Å². The molecule has 0 radical (unpaired) electrons. The summed E-state index contributed by atoms with van der Waals surface area (Å²) in [7, 11) is 0. The third kappa shape index (κ3) is 3.14. The van der Waals surface area contributed by atoms with E-state index in [0.29, 0.717) is 11.3 Å². The molecule has 0 aliphatic rings. The number of hydrogen-bond acceptors (Lipinski definition) is 2. The SMILES string of the molecule is [C-]#[N+]c1ccc2c(c1)c1cc(C#N)ccc1n2-c1cccc2oc3c(-n4c5ccccc5c5ccccc54)cccc3c12. The van der Waals surface area contributed by atoms with Gasteiger partial charge in [-0.05, 0) is 66.0 Å². The maximum absolute atomic E-state index is 9.64. The molecule has 0 amide bonds. The molecule has 5 heteroatoms. The van der Waals surface area contributed by atoms with Gasteiger partial charge in [0, 0.05) is 21.5 Å². The van der Waals surface area contributed by atoms with Gasteiger partial charge in [-0.1, -0.05) is 60.7 Å². The van der Waals surface area contributed by atoms with E-state index in [1.165, 1.54) is 10.8 Å². The van der Waals surface area contributed by atoms with Gasteiger partial charge in [0.15, 0.2) is 11.3 Å². The molecule has 0 atom stereocenters. The average molecular weight is 549 g/mol. The van der Waals surface area contributed by atoms with Crippen LogP contribution in [0, 0.1) is 17.9 Å². The lowest BCUT2D eigenvalue weighted by Gasteiger charge is -2.10. The van der Waals surface area contributed by atoms with Crippen molar-refractivity contribution in [2.24, 2.45) is 0 Å². The summed E-state index contributed by atoms with van der Waals surface area (Å²) in [6.45, 7) is 7.59. The van der Waals surface area contributed by atoms with Crippen molar-refractivity contribution in [1.82, 2.24) is 9.13 Å². The van der Waals surface area contributed by atoms with Gasteiger partial charge in [-0.15, -0.1) is 0 Å². The van der Waals surface area contributed by atoms with E-state index < -0.39 is 0 Å². The number of benzene rings is 6. The zero-order chi connectivity index (χ0) is 28.7. The molecule has 0 aliphatic heterocycles. The molecule has 0 saturated carbocycles. The van der Waals surface area contributed by atoms with Gasteiger partial charge in [0.25, 0.3) is 0 Å². The van der Waals surface area contributed by atoms with E-state index in [-0.39, 0.29) is 0 Å². The summed E-state index contributed by atoms with van der Waals surface area (Å²) in [6, 6.07) is 43.3. The standard InChI is InChI=1S/C38H20N4O/c1-40-24-17-19-33-29(21-24)28-20-23(22-39)16-18-32(28)41(33)34-13-7-15-36-37(34)27-10-6-14-35(38(27)43-36)42-30-11-4-2-8-25(30)26-9-3-5-12-31(26)42/h2-21H. The van der Waals surface area contributed by atoms with Gasteiger partial charge < -0.3 is 13.6 Å². The number of aromatic nitrogens is 2.